The highest BCUT2D eigenvalue weighted by Crippen LogP contribution is 2.27. The lowest BCUT2D eigenvalue weighted by molar-refractivity contribution is -0.180. The second kappa shape index (κ2) is 6.43. The number of hydrogen-bond acceptors (Lipinski definition) is 5. The Labute approximate surface area is 145 Å². The zero-order valence-corrected chi connectivity index (χ0v) is 13.3. The standard InChI is InChI=1S/C16H13F3N2O5/c17-16(18,19)8-20-6-5-9(7-12(20)22)15(25)26-21-13(23)10-3-1-2-4-11(10)14(21)24/h1-4,9H,5-8H2. The van der Waals surface area contributed by atoms with Crippen LogP contribution in [-0.2, 0) is 14.4 Å². The Kier molecular flexibility index (Phi) is 4.43. The molecule has 7 nitrogen and oxygen atoms in total. The maximum atomic E-state index is 12.4. The topological polar surface area (TPSA) is 84.0 Å². The maximum Gasteiger partial charge on any atom is 0.406 e. The van der Waals surface area contributed by atoms with Gasteiger partial charge in [-0.05, 0) is 18.6 Å². The predicted octanol–water partition coefficient (Wildman–Crippen LogP) is 1.54. The number of imide groups is 1. The molecule has 1 atom stereocenters. The van der Waals surface area contributed by atoms with Crippen LogP contribution < -0.4 is 0 Å². The predicted molar refractivity (Wildman–Crippen MR) is 78.4 cm³/mol. The molecular formula is C16H13F3N2O5. The molecule has 3 rings (SSSR count). The Morgan fingerprint density at radius 3 is 2.19 bits per heavy atom. The first-order valence-electron chi connectivity index (χ1n) is 7.71. The van der Waals surface area contributed by atoms with Crippen molar-refractivity contribution >= 4 is 23.7 Å². The Morgan fingerprint density at radius 1 is 1.12 bits per heavy atom. The normalized spacial score (nSPS) is 20.4. The molecule has 1 fully saturated rings. The molecule has 0 radical (unpaired) electrons. The number of piperidine rings is 1. The number of carbonyl (C=O) groups is 4. The van der Waals surface area contributed by atoms with E-state index in [0.717, 1.165) is 0 Å². The third-order valence-electron chi connectivity index (χ3n) is 4.16. The fraction of sp³-hybridized carbons (Fsp3) is 0.375. The molecule has 1 aromatic carbocycles. The molecule has 0 saturated carbocycles. The zero-order chi connectivity index (χ0) is 19.1. The van der Waals surface area contributed by atoms with Crippen LogP contribution in [0.25, 0.3) is 0 Å². The van der Waals surface area contributed by atoms with E-state index >= 15 is 0 Å². The summed E-state index contributed by atoms with van der Waals surface area (Å²) in [7, 11) is 0. The summed E-state index contributed by atoms with van der Waals surface area (Å²) in [6.07, 6.45) is -5.05. The summed E-state index contributed by atoms with van der Waals surface area (Å²) in [6, 6.07) is 5.90. The van der Waals surface area contributed by atoms with Crippen molar-refractivity contribution in [2.45, 2.75) is 19.0 Å². The summed E-state index contributed by atoms with van der Waals surface area (Å²) in [6.45, 7) is -1.65. The highest BCUT2D eigenvalue weighted by molar-refractivity contribution is 6.20. The highest BCUT2D eigenvalue weighted by atomic mass is 19.4. The summed E-state index contributed by atoms with van der Waals surface area (Å²) < 4.78 is 37.2. The van der Waals surface area contributed by atoms with Crippen molar-refractivity contribution in [3.8, 4) is 0 Å². The number of nitrogens with zero attached hydrogens (tertiary/aromatic N) is 2. The fourth-order valence-electron chi connectivity index (χ4n) is 2.88. The SMILES string of the molecule is O=C(ON1C(=O)c2ccccc2C1=O)C1CCN(CC(F)(F)F)C(=O)C1. The molecule has 138 valence electrons. The quantitative estimate of drug-likeness (QED) is 0.754. The number of carbonyl (C=O) groups excluding carboxylic acids is 4. The molecule has 3 amide bonds. The van der Waals surface area contributed by atoms with Crippen LogP contribution >= 0.6 is 0 Å². The minimum atomic E-state index is -4.52. The first kappa shape index (κ1) is 17.9. The summed E-state index contributed by atoms with van der Waals surface area (Å²) in [5, 5.41) is 0.319. The second-order valence-corrected chi connectivity index (χ2v) is 5.98. The highest BCUT2D eigenvalue weighted by Gasteiger charge is 2.42. The maximum absolute atomic E-state index is 12.4. The first-order chi connectivity index (χ1) is 12.2. The number of alkyl halides is 3. The van der Waals surface area contributed by atoms with E-state index in [-0.39, 0.29) is 24.1 Å². The largest absolute Gasteiger partial charge is 0.406 e. The molecule has 0 N–H and O–H groups in total. The molecule has 1 aromatic rings. The van der Waals surface area contributed by atoms with Gasteiger partial charge in [0.15, 0.2) is 0 Å². The number of rotatable bonds is 3. The van der Waals surface area contributed by atoms with Crippen LogP contribution in [0.2, 0.25) is 0 Å². The number of fused-ring (bicyclic) bond motifs is 1. The molecule has 0 aromatic heterocycles. The van der Waals surface area contributed by atoms with E-state index < -0.39 is 48.8 Å². The van der Waals surface area contributed by atoms with Crippen LogP contribution in [-0.4, -0.2) is 52.9 Å². The molecule has 2 aliphatic heterocycles. The number of hydroxylamine groups is 2. The number of hydrogen-bond donors (Lipinski definition) is 0. The summed E-state index contributed by atoms with van der Waals surface area (Å²) >= 11 is 0. The molecule has 10 heteroatoms. The Hall–Kier alpha value is -2.91. The Bertz CT molecular complexity index is 757. The van der Waals surface area contributed by atoms with Crippen LogP contribution in [0, 0.1) is 5.92 Å². The van der Waals surface area contributed by atoms with E-state index in [2.05, 4.69) is 0 Å². The van der Waals surface area contributed by atoms with Crippen molar-refractivity contribution in [1.82, 2.24) is 9.96 Å². The molecule has 1 unspecified atom stereocenters. The van der Waals surface area contributed by atoms with Gasteiger partial charge in [0.2, 0.25) is 5.91 Å². The van der Waals surface area contributed by atoms with Gasteiger partial charge in [-0.3, -0.25) is 14.4 Å². The summed E-state index contributed by atoms with van der Waals surface area (Å²) in [5.41, 5.74) is 0.169. The van der Waals surface area contributed by atoms with Crippen molar-refractivity contribution in [1.29, 1.82) is 0 Å². The van der Waals surface area contributed by atoms with Crippen molar-refractivity contribution in [3.63, 3.8) is 0 Å². The van der Waals surface area contributed by atoms with Crippen LogP contribution in [0.4, 0.5) is 13.2 Å². The lowest BCUT2D eigenvalue weighted by Gasteiger charge is -2.31. The summed E-state index contributed by atoms with van der Waals surface area (Å²) in [4.78, 5) is 53.7. The zero-order valence-electron chi connectivity index (χ0n) is 13.3. The van der Waals surface area contributed by atoms with Crippen molar-refractivity contribution in [2.24, 2.45) is 5.92 Å². The van der Waals surface area contributed by atoms with Crippen LogP contribution in [0.15, 0.2) is 24.3 Å². The van der Waals surface area contributed by atoms with Gasteiger partial charge in [0.1, 0.15) is 6.54 Å². The van der Waals surface area contributed by atoms with Gasteiger partial charge in [-0.2, -0.15) is 13.2 Å². The first-order valence-corrected chi connectivity index (χ1v) is 7.71. The number of benzene rings is 1. The summed E-state index contributed by atoms with van der Waals surface area (Å²) in [5.74, 6) is -4.46. The average Bonchev–Trinajstić information content (AvgIpc) is 2.81. The van der Waals surface area contributed by atoms with Gasteiger partial charge >= 0.3 is 12.1 Å². The van der Waals surface area contributed by atoms with E-state index in [0.29, 0.717) is 9.96 Å². The van der Waals surface area contributed by atoms with E-state index in [9.17, 15) is 32.3 Å². The minimum Gasteiger partial charge on any atom is -0.334 e. The van der Waals surface area contributed by atoms with Crippen LogP contribution in [0.3, 0.4) is 0 Å². The van der Waals surface area contributed by atoms with Gasteiger partial charge in [-0.25, -0.2) is 4.79 Å². The molecule has 2 heterocycles. The van der Waals surface area contributed by atoms with Gasteiger partial charge in [0.25, 0.3) is 11.8 Å². The Morgan fingerprint density at radius 2 is 1.69 bits per heavy atom. The lowest BCUT2D eigenvalue weighted by atomic mass is 9.96. The number of amides is 3. The fourth-order valence-corrected chi connectivity index (χ4v) is 2.88. The molecule has 0 aliphatic carbocycles. The van der Waals surface area contributed by atoms with Crippen molar-refractivity contribution in [2.75, 3.05) is 13.1 Å². The number of halogens is 3. The molecule has 1 saturated heterocycles. The molecular weight excluding hydrogens is 357 g/mol. The van der Waals surface area contributed by atoms with E-state index in [4.69, 9.17) is 4.84 Å². The van der Waals surface area contributed by atoms with Gasteiger partial charge in [0.05, 0.1) is 17.0 Å². The molecule has 0 bridgehead atoms. The van der Waals surface area contributed by atoms with E-state index in [1.54, 1.807) is 12.1 Å². The average molecular weight is 370 g/mol. The van der Waals surface area contributed by atoms with Gasteiger partial charge < -0.3 is 9.74 Å². The Balaban J connectivity index is 1.63. The van der Waals surface area contributed by atoms with Gasteiger partial charge in [-0.15, -0.1) is 0 Å². The molecule has 0 spiro atoms. The van der Waals surface area contributed by atoms with Gasteiger partial charge in [-0.1, -0.05) is 17.2 Å². The monoisotopic (exact) mass is 370 g/mol. The molecule has 2 aliphatic rings. The van der Waals surface area contributed by atoms with Gasteiger partial charge in [0, 0.05) is 13.0 Å². The van der Waals surface area contributed by atoms with Crippen molar-refractivity contribution < 1.29 is 37.2 Å². The van der Waals surface area contributed by atoms with E-state index in [1.807, 2.05) is 0 Å². The third kappa shape index (κ3) is 3.39. The lowest BCUT2D eigenvalue weighted by Crippen LogP contribution is -2.46. The number of likely N-dealkylation sites (tertiary alicyclic amines) is 1. The van der Waals surface area contributed by atoms with Crippen LogP contribution in [0.1, 0.15) is 33.6 Å². The molecule has 26 heavy (non-hydrogen) atoms. The van der Waals surface area contributed by atoms with E-state index in [1.165, 1.54) is 12.1 Å². The van der Waals surface area contributed by atoms with Crippen LogP contribution in [0.5, 0.6) is 0 Å². The smallest absolute Gasteiger partial charge is 0.334 e. The second-order valence-electron chi connectivity index (χ2n) is 5.98. The third-order valence-corrected chi connectivity index (χ3v) is 4.16. The van der Waals surface area contributed by atoms with Crippen molar-refractivity contribution in [3.05, 3.63) is 35.4 Å². The minimum absolute atomic E-state index is 0.0518.